The number of carbonyl (C=O) groups is 3. The number of amides is 1. The van der Waals surface area contributed by atoms with E-state index in [1.165, 1.54) is 6.07 Å². The number of nitrogens with one attached hydrogen (secondary N) is 1. The number of β-amino-alcohol motifs (C(OH)–C–C–N with tert-alkyl or cyclic N) is 1. The van der Waals surface area contributed by atoms with Crippen LogP contribution < -0.4 is 15.0 Å². The largest absolute Gasteiger partial charge is 0.495 e. The van der Waals surface area contributed by atoms with Gasteiger partial charge in [-0.25, -0.2) is 8.78 Å². The minimum absolute atomic E-state index is 0.167. The fourth-order valence-electron chi connectivity index (χ4n) is 3.42. The zero-order valence-electron chi connectivity index (χ0n) is 18.1. The maximum absolute atomic E-state index is 13.4. The number of methoxy groups -OCH3 is 1. The first-order chi connectivity index (χ1) is 15.4. The number of rotatable bonds is 4. The molecule has 0 aliphatic carbocycles. The summed E-state index contributed by atoms with van der Waals surface area (Å²) in [7, 11) is 1.55. The van der Waals surface area contributed by atoms with E-state index < -0.39 is 23.6 Å². The summed E-state index contributed by atoms with van der Waals surface area (Å²) < 4.78 is 31.9. The Labute approximate surface area is 186 Å². The van der Waals surface area contributed by atoms with Gasteiger partial charge in [0.1, 0.15) is 19.3 Å². The summed E-state index contributed by atoms with van der Waals surface area (Å²) >= 11 is 0. The van der Waals surface area contributed by atoms with Crippen molar-refractivity contribution in [3.05, 3.63) is 53.6 Å². The zero-order valence-corrected chi connectivity index (χ0v) is 18.1. The molecule has 0 aromatic heterocycles. The van der Waals surface area contributed by atoms with Gasteiger partial charge in [0.15, 0.2) is 11.6 Å². The molecule has 1 fully saturated rings. The van der Waals surface area contributed by atoms with E-state index in [1.807, 2.05) is 18.5 Å². The number of nitrogens with zero attached hydrogens (tertiary/aromatic N) is 1. The number of carbonyl (C=O) groups excluding carboxylic acids is 3. The lowest BCUT2D eigenvalue weighted by atomic mass is 10.1. The third-order valence-electron chi connectivity index (χ3n) is 4.92. The van der Waals surface area contributed by atoms with Crippen molar-refractivity contribution in [1.82, 2.24) is 0 Å². The molecule has 2 N–H and O–H groups in total. The van der Waals surface area contributed by atoms with Crippen LogP contribution in [0.1, 0.15) is 30.1 Å². The van der Waals surface area contributed by atoms with Crippen LogP contribution in [0.4, 0.5) is 20.2 Å². The lowest BCUT2D eigenvalue weighted by Crippen LogP contribution is -2.32. The minimum Gasteiger partial charge on any atom is -0.495 e. The molecule has 2 atom stereocenters. The Bertz CT molecular complexity index is 883. The summed E-state index contributed by atoms with van der Waals surface area (Å²) in [5, 5.41) is 12.8. The molecule has 0 radical (unpaired) electrons. The first kappa shape index (κ1) is 26.7. The molecule has 2 aromatic rings. The molecular weight excluding hydrogens is 422 g/mol. The van der Waals surface area contributed by atoms with Crippen molar-refractivity contribution in [2.45, 2.75) is 25.9 Å². The Kier molecular flexibility index (Phi) is 11.0. The molecule has 174 valence electrons. The molecule has 1 heterocycles. The Balaban J connectivity index is 0.00000121. The van der Waals surface area contributed by atoms with Gasteiger partial charge in [0.25, 0.3) is 5.91 Å². The number of anilines is 2. The van der Waals surface area contributed by atoms with Gasteiger partial charge in [-0.1, -0.05) is 6.92 Å². The number of halogens is 2. The van der Waals surface area contributed by atoms with Crippen LogP contribution in [-0.4, -0.2) is 50.9 Å². The van der Waals surface area contributed by atoms with Gasteiger partial charge in [-0.15, -0.1) is 0 Å². The molecule has 1 aliphatic rings. The third kappa shape index (κ3) is 7.12. The molecule has 1 saturated heterocycles. The highest BCUT2D eigenvalue weighted by atomic mass is 19.2. The summed E-state index contributed by atoms with van der Waals surface area (Å²) in [6.07, 6.45) is 1.21. The van der Waals surface area contributed by atoms with Crippen molar-refractivity contribution >= 4 is 30.9 Å². The summed E-state index contributed by atoms with van der Waals surface area (Å²) in [4.78, 5) is 30.6. The Morgan fingerprint density at radius 1 is 1.06 bits per heavy atom. The lowest BCUT2D eigenvalue weighted by Gasteiger charge is -2.28. The van der Waals surface area contributed by atoms with Crippen LogP contribution in [0.2, 0.25) is 0 Å². The van der Waals surface area contributed by atoms with Gasteiger partial charge in [-0.3, -0.25) is 4.79 Å². The van der Waals surface area contributed by atoms with Crippen LogP contribution in [0.5, 0.6) is 5.75 Å². The normalized spacial score (nSPS) is 17.6. The van der Waals surface area contributed by atoms with E-state index in [4.69, 9.17) is 14.3 Å². The van der Waals surface area contributed by atoms with Gasteiger partial charge >= 0.3 is 0 Å². The van der Waals surface area contributed by atoms with E-state index in [1.54, 1.807) is 25.3 Å². The smallest absolute Gasteiger partial charge is 0.255 e. The summed E-state index contributed by atoms with van der Waals surface area (Å²) in [6.45, 7) is 7.31. The summed E-state index contributed by atoms with van der Waals surface area (Å²) in [5.74, 6) is -1.45. The number of aliphatic hydroxyl groups excluding tert-OH is 1. The van der Waals surface area contributed by atoms with Crippen LogP contribution in [0.25, 0.3) is 0 Å². The van der Waals surface area contributed by atoms with Crippen LogP contribution >= 0.6 is 0 Å². The zero-order chi connectivity index (χ0) is 24.3. The quantitative estimate of drug-likeness (QED) is 0.741. The third-order valence-corrected chi connectivity index (χ3v) is 4.92. The highest BCUT2D eigenvalue weighted by molar-refractivity contribution is 6.05. The molecule has 3 rings (SSSR count). The number of ether oxygens (including phenoxy) is 1. The summed E-state index contributed by atoms with van der Waals surface area (Å²) in [6, 6.07) is 8.19. The Morgan fingerprint density at radius 3 is 2.38 bits per heavy atom. The molecular formula is C23H28F2N2O5. The second-order valence-corrected chi connectivity index (χ2v) is 7.21. The molecule has 1 amide bonds. The molecule has 0 bridgehead atoms. The van der Waals surface area contributed by atoms with E-state index in [2.05, 4.69) is 12.2 Å². The topological polar surface area (TPSA) is 95.9 Å². The maximum Gasteiger partial charge on any atom is 0.255 e. The first-order valence-corrected chi connectivity index (χ1v) is 9.82. The first-order valence-electron chi connectivity index (χ1n) is 9.82. The lowest BCUT2D eigenvalue weighted by molar-refractivity contribution is -0.0987. The van der Waals surface area contributed by atoms with Gasteiger partial charge in [0.2, 0.25) is 0 Å². The van der Waals surface area contributed by atoms with Crippen molar-refractivity contribution in [2.75, 3.05) is 30.4 Å². The van der Waals surface area contributed by atoms with E-state index in [0.717, 1.165) is 31.5 Å². The van der Waals surface area contributed by atoms with Crippen LogP contribution in [0.3, 0.4) is 0 Å². The standard InChI is InChI=1S/C21H24F2N2O3.2CH2O/c1-13-3-6-16(26)12-25(11-13)19-9-14(4-8-20(19)28-2)21(27)24-15-5-7-17(22)18(23)10-15;2*1-2/h4-5,7-10,13,16,26H,3,6,11-12H2,1-2H3,(H,24,27);2*1H2. The predicted octanol–water partition coefficient (Wildman–Crippen LogP) is 3.45. The number of hydrogen-bond acceptors (Lipinski definition) is 6. The Hall–Kier alpha value is -3.33. The van der Waals surface area contributed by atoms with Gasteiger partial charge in [-0.05, 0) is 49.1 Å². The molecule has 2 unspecified atom stereocenters. The number of aliphatic hydroxyl groups is 1. The second-order valence-electron chi connectivity index (χ2n) is 7.21. The van der Waals surface area contributed by atoms with Crippen molar-refractivity contribution in [3.63, 3.8) is 0 Å². The molecule has 32 heavy (non-hydrogen) atoms. The average molecular weight is 450 g/mol. The Morgan fingerprint density at radius 2 is 1.75 bits per heavy atom. The molecule has 2 aromatic carbocycles. The van der Waals surface area contributed by atoms with Crippen LogP contribution in [-0.2, 0) is 9.59 Å². The minimum atomic E-state index is -1.03. The second kappa shape index (κ2) is 13.2. The van der Waals surface area contributed by atoms with Crippen molar-refractivity contribution in [1.29, 1.82) is 0 Å². The van der Waals surface area contributed by atoms with Gasteiger partial charge in [0.05, 0.1) is 18.9 Å². The highest BCUT2D eigenvalue weighted by Crippen LogP contribution is 2.32. The van der Waals surface area contributed by atoms with E-state index in [9.17, 15) is 18.7 Å². The fraction of sp³-hybridized carbons (Fsp3) is 0.348. The molecule has 0 saturated carbocycles. The molecule has 0 spiro atoms. The van der Waals surface area contributed by atoms with E-state index in [0.29, 0.717) is 29.5 Å². The van der Waals surface area contributed by atoms with Crippen molar-refractivity contribution in [2.24, 2.45) is 5.92 Å². The number of hydrogen-bond donors (Lipinski definition) is 2. The van der Waals surface area contributed by atoms with Crippen LogP contribution in [0, 0.1) is 17.6 Å². The van der Waals surface area contributed by atoms with Gasteiger partial charge in [0, 0.05) is 30.4 Å². The van der Waals surface area contributed by atoms with Crippen molar-refractivity contribution < 1.29 is 33.0 Å². The van der Waals surface area contributed by atoms with Crippen molar-refractivity contribution in [3.8, 4) is 5.75 Å². The fourth-order valence-corrected chi connectivity index (χ4v) is 3.42. The van der Waals surface area contributed by atoms with Crippen LogP contribution in [0.15, 0.2) is 36.4 Å². The van der Waals surface area contributed by atoms with Gasteiger partial charge in [-0.2, -0.15) is 0 Å². The molecule has 7 nitrogen and oxygen atoms in total. The SMILES string of the molecule is C=O.C=O.COc1ccc(C(=O)Nc2ccc(F)c(F)c2)cc1N1CC(C)CCC(O)C1. The predicted molar refractivity (Wildman–Crippen MR) is 118 cm³/mol. The monoisotopic (exact) mass is 450 g/mol. The number of benzene rings is 2. The molecule has 9 heteroatoms. The average Bonchev–Trinajstić information content (AvgIpc) is 2.98. The summed E-state index contributed by atoms with van der Waals surface area (Å²) in [5.41, 5.74) is 1.24. The van der Waals surface area contributed by atoms with Gasteiger partial charge < -0.3 is 29.6 Å². The van der Waals surface area contributed by atoms with E-state index >= 15 is 0 Å². The van der Waals surface area contributed by atoms with E-state index in [-0.39, 0.29) is 5.69 Å². The maximum atomic E-state index is 13.4. The highest BCUT2D eigenvalue weighted by Gasteiger charge is 2.24. The molecule has 1 aliphatic heterocycles.